The fourth-order valence-corrected chi connectivity index (χ4v) is 4.95. The number of methoxy groups -OCH3 is 3. The molecule has 2 aliphatic heterocycles. The molecule has 3 aromatic carbocycles. The van der Waals surface area contributed by atoms with Crippen molar-refractivity contribution in [1.82, 2.24) is 0 Å². The van der Waals surface area contributed by atoms with E-state index in [9.17, 15) is 0 Å². The van der Waals surface area contributed by atoms with Gasteiger partial charge in [0.25, 0.3) is 0 Å². The lowest BCUT2D eigenvalue weighted by atomic mass is 9.83. The van der Waals surface area contributed by atoms with Crippen LogP contribution in [0.4, 0.5) is 5.69 Å². The molecule has 0 aliphatic carbocycles. The second-order valence-corrected chi connectivity index (χ2v) is 9.14. The average molecular weight is 456 g/mol. The standard InChI is InChI=1S/C29H29NO4/c1-17-16-29(2,3)30-22-12-11-20-19-9-7-8-10-23(19)34-26(28(20)27(17)22)15-21-24(32-5)13-18(31-4)14-25(21)33-6/h7-16,30H,1-6H3/b26-15-. The molecule has 2 heterocycles. The predicted molar refractivity (Wildman–Crippen MR) is 138 cm³/mol. The van der Waals surface area contributed by atoms with Gasteiger partial charge in [-0.05, 0) is 50.1 Å². The Morgan fingerprint density at radius 1 is 0.853 bits per heavy atom. The van der Waals surface area contributed by atoms with Gasteiger partial charge in [-0.25, -0.2) is 0 Å². The SMILES string of the molecule is COc1cc(OC)c(/C=C2\Oc3ccccc3-c3ccc4c(c32)C(C)=CC(C)(C)N4)c(OC)c1. The predicted octanol–water partition coefficient (Wildman–Crippen LogP) is 6.88. The summed E-state index contributed by atoms with van der Waals surface area (Å²) >= 11 is 0. The Labute approximate surface area is 200 Å². The summed E-state index contributed by atoms with van der Waals surface area (Å²) in [6.45, 7) is 6.51. The lowest BCUT2D eigenvalue weighted by Gasteiger charge is -2.35. The number of anilines is 1. The summed E-state index contributed by atoms with van der Waals surface area (Å²) in [4.78, 5) is 0. The van der Waals surface area contributed by atoms with Crippen LogP contribution in [-0.2, 0) is 0 Å². The molecule has 0 fully saturated rings. The summed E-state index contributed by atoms with van der Waals surface area (Å²) in [5, 5.41) is 3.66. The molecule has 34 heavy (non-hydrogen) atoms. The van der Waals surface area contributed by atoms with Crippen molar-refractivity contribution >= 4 is 23.1 Å². The van der Waals surface area contributed by atoms with E-state index in [1.165, 1.54) is 5.57 Å². The molecule has 0 atom stereocenters. The van der Waals surface area contributed by atoms with Gasteiger partial charge in [-0.15, -0.1) is 0 Å². The minimum Gasteiger partial charge on any atom is -0.496 e. The van der Waals surface area contributed by atoms with Gasteiger partial charge in [-0.1, -0.05) is 30.3 Å². The van der Waals surface area contributed by atoms with E-state index < -0.39 is 0 Å². The maximum absolute atomic E-state index is 6.55. The highest BCUT2D eigenvalue weighted by molar-refractivity contribution is 6.01. The molecule has 0 saturated heterocycles. The first-order chi connectivity index (χ1) is 16.3. The van der Waals surface area contributed by atoms with Crippen LogP contribution in [0.2, 0.25) is 0 Å². The number of allylic oxidation sites excluding steroid dienone is 1. The molecular weight excluding hydrogens is 426 g/mol. The highest BCUT2D eigenvalue weighted by atomic mass is 16.5. The molecule has 1 N–H and O–H groups in total. The van der Waals surface area contributed by atoms with Gasteiger partial charge in [-0.2, -0.15) is 0 Å². The second kappa shape index (κ2) is 8.17. The fourth-order valence-electron chi connectivity index (χ4n) is 4.95. The van der Waals surface area contributed by atoms with Crippen LogP contribution in [0.15, 0.2) is 54.6 Å². The van der Waals surface area contributed by atoms with Gasteiger partial charge in [-0.3, -0.25) is 0 Å². The molecule has 0 bridgehead atoms. The first-order valence-electron chi connectivity index (χ1n) is 11.3. The smallest absolute Gasteiger partial charge is 0.136 e. The Balaban J connectivity index is 1.81. The Morgan fingerprint density at radius 3 is 2.24 bits per heavy atom. The number of fused-ring (bicyclic) bond motifs is 5. The zero-order valence-corrected chi connectivity index (χ0v) is 20.4. The second-order valence-electron chi connectivity index (χ2n) is 9.14. The Bertz CT molecular complexity index is 1330. The number of benzene rings is 3. The van der Waals surface area contributed by atoms with Crippen LogP contribution in [0.1, 0.15) is 37.5 Å². The Hall–Kier alpha value is -3.86. The van der Waals surface area contributed by atoms with Gasteiger partial charge >= 0.3 is 0 Å². The monoisotopic (exact) mass is 455 g/mol. The topological polar surface area (TPSA) is 49.0 Å². The van der Waals surface area contributed by atoms with E-state index in [4.69, 9.17) is 18.9 Å². The number of hydrogen-bond acceptors (Lipinski definition) is 5. The van der Waals surface area contributed by atoms with Gasteiger partial charge in [0.1, 0.15) is 28.8 Å². The Morgan fingerprint density at radius 2 is 1.56 bits per heavy atom. The Kier molecular flexibility index (Phi) is 5.28. The van der Waals surface area contributed by atoms with Gasteiger partial charge in [0, 0.05) is 34.5 Å². The van der Waals surface area contributed by atoms with Crippen LogP contribution in [0.3, 0.4) is 0 Å². The van der Waals surface area contributed by atoms with Crippen molar-refractivity contribution in [3.8, 4) is 34.1 Å². The third-order valence-electron chi connectivity index (χ3n) is 6.31. The van der Waals surface area contributed by atoms with E-state index in [0.717, 1.165) is 45.0 Å². The molecule has 0 saturated carbocycles. The molecule has 5 heteroatoms. The normalized spacial score (nSPS) is 16.3. The van der Waals surface area contributed by atoms with Crippen molar-refractivity contribution in [3.05, 3.63) is 71.3 Å². The van der Waals surface area contributed by atoms with Crippen molar-refractivity contribution in [1.29, 1.82) is 0 Å². The highest BCUT2D eigenvalue weighted by Crippen LogP contribution is 2.50. The number of rotatable bonds is 4. The fraction of sp³-hybridized carbons (Fsp3) is 0.241. The summed E-state index contributed by atoms with van der Waals surface area (Å²) in [5.41, 5.74) is 7.34. The summed E-state index contributed by atoms with van der Waals surface area (Å²) in [6.07, 6.45) is 4.27. The molecule has 5 nitrogen and oxygen atoms in total. The summed E-state index contributed by atoms with van der Waals surface area (Å²) in [7, 11) is 4.91. The zero-order chi connectivity index (χ0) is 24.0. The van der Waals surface area contributed by atoms with Crippen molar-refractivity contribution in [2.24, 2.45) is 0 Å². The number of hydrogen-bond donors (Lipinski definition) is 1. The molecule has 0 spiro atoms. The third-order valence-corrected chi connectivity index (χ3v) is 6.31. The van der Waals surface area contributed by atoms with Crippen molar-refractivity contribution in [2.45, 2.75) is 26.3 Å². The summed E-state index contributed by atoms with van der Waals surface area (Å²) < 4.78 is 23.4. The molecule has 5 rings (SSSR count). The minimum atomic E-state index is -0.134. The quantitative estimate of drug-likeness (QED) is 0.465. The van der Waals surface area contributed by atoms with Crippen LogP contribution in [0.25, 0.3) is 28.5 Å². The average Bonchev–Trinajstić information content (AvgIpc) is 2.82. The van der Waals surface area contributed by atoms with Gasteiger partial charge in [0.2, 0.25) is 0 Å². The molecule has 0 unspecified atom stereocenters. The van der Waals surface area contributed by atoms with E-state index in [0.29, 0.717) is 17.2 Å². The molecule has 0 amide bonds. The van der Waals surface area contributed by atoms with Crippen LogP contribution in [0.5, 0.6) is 23.0 Å². The number of para-hydroxylation sites is 1. The lowest BCUT2D eigenvalue weighted by molar-refractivity contribution is 0.374. The molecule has 2 aliphatic rings. The van der Waals surface area contributed by atoms with Crippen LogP contribution in [0, 0.1) is 0 Å². The first kappa shape index (κ1) is 22.0. The van der Waals surface area contributed by atoms with Crippen LogP contribution < -0.4 is 24.3 Å². The molecule has 3 aromatic rings. The number of ether oxygens (including phenoxy) is 4. The largest absolute Gasteiger partial charge is 0.496 e. The summed E-state index contributed by atoms with van der Waals surface area (Å²) in [6, 6.07) is 16.2. The first-order valence-corrected chi connectivity index (χ1v) is 11.3. The van der Waals surface area contributed by atoms with Crippen molar-refractivity contribution in [3.63, 3.8) is 0 Å². The van der Waals surface area contributed by atoms with Crippen molar-refractivity contribution in [2.75, 3.05) is 26.6 Å². The molecular formula is C29H29NO4. The zero-order valence-electron chi connectivity index (χ0n) is 20.4. The van der Waals surface area contributed by atoms with E-state index >= 15 is 0 Å². The summed E-state index contributed by atoms with van der Waals surface area (Å²) in [5.74, 6) is 3.50. The molecule has 174 valence electrons. The minimum absolute atomic E-state index is 0.134. The van der Waals surface area contributed by atoms with Gasteiger partial charge < -0.3 is 24.3 Å². The van der Waals surface area contributed by atoms with E-state index in [1.807, 2.05) is 36.4 Å². The van der Waals surface area contributed by atoms with Crippen LogP contribution >= 0.6 is 0 Å². The maximum Gasteiger partial charge on any atom is 0.136 e. The third kappa shape index (κ3) is 3.58. The van der Waals surface area contributed by atoms with Crippen LogP contribution in [-0.4, -0.2) is 26.9 Å². The van der Waals surface area contributed by atoms with Gasteiger partial charge in [0.15, 0.2) is 0 Å². The number of nitrogens with one attached hydrogen (secondary N) is 1. The highest BCUT2D eigenvalue weighted by Gasteiger charge is 2.31. The van der Waals surface area contributed by atoms with Crippen molar-refractivity contribution < 1.29 is 18.9 Å². The molecule has 0 radical (unpaired) electrons. The lowest BCUT2D eigenvalue weighted by Crippen LogP contribution is -2.32. The maximum atomic E-state index is 6.55. The van der Waals surface area contributed by atoms with E-state index in [1.54, 1.807) is 21.3 Å². The van der Waals surface area contributed by atoms with E-state index in [2.05, 4.69) is 50.4 Å². The van der Waals surface area contributed by atoms with Gasteiger partial charge in [0.05, 0.1) is 32.4 Å². The van der Waals surface area contributed by atoms with E-state index in [-0.39, 0.29) is 5.54 Å². The molecule has 0 aromatic heterocycles.